The van der Waals surface area contributed by atoms with E-state index in [4.69, 9.17) is 5.73 Å². The molecule has 0 saturated carbocycles. The van der Waals surface area contributed by atoms with E-state index in [2.05, 4.69) is 4.98 Å². The van der Waals surface area contributed by atoms with Crippen LogP contribution in [0.2, 0.25) is 0 Å². The van der Waals surface area contributed by atoms with Crippen LogP contribution in [0.1, 0.15) is 5.69 Å². The van der Waals surface area contributed by atoms with Gasteiger partial charge in [-0.1, -0.05) is 6.07 Å². The van der Waals surface area contributed by atoms with Crippen LogP contribution in [0.25, 0.3) is 5.65 Å². The first-order valence-corrected chi connectivity index (χ1v) is 6.85. The molecule has 2 aromatic rings. The number of imidazole rings is 1. The molecule has 1 fully saturated rings. The number of pyridine rings is 1. The van der Waals surface area contributed by atoms with Gasteiger partial charge in [0.15, 0.2) is 0 Å². The van der Waals surface area contributed by atoms with Crippen LogP contribution in [0.15, 0.2) is 30.6 Å². The molecular formula is C14H15F3N4O. The van der Waals surface area contributed by atoms with Crippen molar-refractivity contribution in [1.29, 1.82) is 0 Å². The molecule has 0 radical (unpaired) electrons. The van der Waals surface area contributed by atoms with Crippen molar-refractivity contribution in [3.05, 3.63) is 36.3 Å². The second-order valence-corrected chi connectivity index (χ2v) is 5.52. The van der Waals surface area contributed by atoms with Gasteiger partial charge in [-0.15, -0.1) is 0 Å². The third-order valence-corrected chi connectivity index (χ3v) is 4.08. The Labute approximate surface area is 124 Å². The number of aromatic nitrogens is 2. The minimum Gasteiger partial charge on any atom is -0.369 e. The Balaban J connectivity index is 1.82. The fourth-order valence-corrected chi connectivity index (χ4v) is 3.00. The molecule has 2 atom stereocenters. The number of carbonyl (C=O) groups excluding carboxylic acids is 1. The van der Waals surface area contributed by atoms with Crippen LogP contribution in [0, 0.1) is 11.8 Å². The van der Waals surface area contributed by atoms with Crippen LogP contribution in [0.5, 0.6) is 0 Å². The van der Waals surface area contributed by atoms with Crippen LogP contribution >= 0.6 is 0 Å². The van der Waals surface area contributed by atoms with Crippen LogP contribution in [-0.4, -0.2) is 39.5 Å². The van der Waals surface area contributed by atoms with Crippen molar-refractivity contribution < 1.29 is 18.0 Å². The number of fused-ring (bicyclic) bond motifs is 1. The van der Waals surface area contributed by atoms with Crippen LogP contribution < -0.4 is 5.73 Å². The zero-order valence-corrected chi connectivity index (χ0v) is 11.6. The third kappa shape index (κ3) is 2.66. The molecule has 118 valence electrons. The maximum Gasteiger partial charge on any atom is 0.393 e. The van der Waals surface area contributed by atoms with Gasteiger partial charge < -0.3 is 10.1 Å². The normalized spacial score (nSPS) is 23.2. The molecule has 0 unspecified atom stereocenters. The highest BCUT2D eigenvalue weighted by Crippen LogP contribution is 2.37. The van der Waals surface area contributed by atoms with Gasteiger partial charge in [-0.25, -0.2) is 4.98 Å². The maximum atomic E-state index is 13.0. The van der Waals surface area contributed by atoms with E-state index in [0.29, 0.717) is 6.54 Å². The number of nitrogens with two attached hydrogens (primary N) is 1. The summed E-state index contributed by atoms with van der Waals surface area (Å²) < 4.78 is 40.9. The lowest BCUT2D eigenvalue weighted by molar-refractivity contribution is -0.182. The van der Waals surface area contributed by atoms with Gasteiger partial charge in [-0.2, -0.15) is 13.2 Å². The van der Waals surface area contributed by atoms with Crippen molar-refractivity contribution in [1.82, 2.24) is 14.3 Å². The summed E-state index contributed by atoms with van der Waals surface area (Å²) in [5.41, 5.74) is 6.69. The van der Waals surface area contributed by atoms with Crippen molar-refractivity contribution >= 4 is 11.6 Å². The smallest absolute Gasteiger partial charge is 0.369 e. The second-order valence-electron chi connectivity index (χ2n) is 5.52. The van der Waals surface area contributed by atoms with Crippen molar-refractivity contribution in [3.8, 4) is 0 Å². The van der Waals surface area contributed by atoms with Gasteiger partial charge in [0.05, 0.1) is 11.8 Å². The number of likely N-dealkylation sites (tertiary alicyclic amines) is 1. The zero-order chi connectivity index (χ0) is 15.9. The molecule has 1 saturated heterocycles. The molecule has 2 aromatic heterocycles. The highest BCUT2D eigenvalue weighted by atomic mass is 19.4. The summed E-state index contributed by atoms with van der Waals surface area (Å²) in [5.74, 6) is -3.79. The Kier molecular flexibility index (Phi) is 3.56. The third-order valence-electron chi connectivity index (χ3n) is 4.08. The lowest BCUT2D eigenvalue weighted by atomic mass is 9.95. The Morgan fingerprint density at radius 2 is 2.14 bits per heavy atom. The lowest BCUT2D eigenvalue weighted by Crippen LogP contribution is -2.37. The fraction of sp³-hybridized carbons (Fsp3) is 0.429. The topological polar surface area (TPSA) is 63.6 Å². The van der Waals surface area contributed by atoms with E-state index >= 15 is 0 Å². The van der Waals surface area contributed by atoms with Gasteiger partial charge in [-0.05, 0) is 12.1 Å². The molecule has 5 nitrogen and oxygen atoms in total. The van der Waals surface area contributed by atoms with E-state index in [1.165, 1.54) is 0 Å². The van der Waals surface area contributed by atoms with Crippen molar-refractivity contribution in [3.63, 3.8) is 0 Å². The number of nitrogens with zero attached hydrogens (tertiary/aromatic N) is 3. The SMILES string of the molecule is NC(=O)[C@@H]1CN(Cc2cccc3nccn23)C[C@H]1C(F)(F)F. The van der Waals surface area contributed by atoms with E-state index in [9.17, 15) is 18.0 Å². The van der Waals surface area contributed by atoms with E-state index in [1.54, 1.807) is 23.4 Å². The number of halogens is 3. The van der Waals surface area contributed by atoms with Crippen molar-refractivity contribution in [2.24, 2.45) is 17.6 Å². The first-order valence-electron chi connectivity index (χ1n) is 6.85. The molecule has 0 bridgehead atoms. The first-order chi connectivity index (χ1) is 10.4. The van der Waals surface area contributed by atoms with Gasteiger partial charge >= 0.3 is 6.18 Å². The van der Waals surface area contributed by atoms with Crippen molar-refractivity contribution in [2.45, 2.75) is 12.7 Å². The average molecular weight is 312 g/mol. The molecule has 1 aliphatic rings. The number of primary amides is 1. The van der Waals surface area contributed by atoms with Gasteiger partial charge in [0, 0.05) is 37.7 Å². The maximum absolute atomic E-state index is 13.0. The predicted molar refractivity (Wildman–Crippen MR) is 72.7 cm³/mol. The summed E-state index contributed by atoms with van der Waals surface area (Å²) in [6.45, 7) is 0.108. The van der Waals surface area contributed by atoms with Crippen LogP contribution in [-0.2, 0) is 11.3 Å². The molecule has 1 amide bonds. The summed E-state index contributed by atoms with van der Waals surface area (Å²) in [6.07, 6.45) is -1.03. The van der Waals surface area contributed by atoms with Crippen LogP contribution in [0.4, 0.5) is 13.2 Å². The highest BCUT2D eigenvalue weighted by molar-refractivity contribution is 5.77. The van der Waals surface area contributed by atoms with Gasteiger partial charge in [0.25, 0.3) is 0 Å². The van der Waals surface area contributed by atoms with Gasteiger partial charge in [0.1, 0.15) is 5.65 Å². The summed E-state index contributed by atoms with van der Waals surface area (Å²) in [5, 5.41) is 0. The summed E-state index contributed by atoms with van der Waals surface area (Å²) in [7, 11) is 0. The van der Waals surface area contributed by atoms with Gasteiger partial charge in [-0.3, -0.25) is 9.69 Å². The molecule has 0 spiro atoms. The van der Waals surface area contributed by atoms with E-state index in [1.807, 2.05) is 16.5 Å². The first kappa shape index (κ1) is 14.8. The molecule has 0 aromatic carbocycles. The number of rotatable bonds is 3. The molecule has 1 aliphatic heterocycles. The number of hydrogen-bond donors (Lipinski definition) is 1. The number of alkyl halides is 3. The Bertz CT molecular complexity index is 697. The van der Waals surface area contributed by atoms with E-state index in [0.717, 1.165) is 11.3 Å². The standard InChI is InChI=1S/C14H15F3N4O/c15-14(16,17)11-8-20(7-10(11)13(18)22)6-9-2-1-3-12-19-4-5-21(9)12/h1-5,10-11H,6-8H2,(H2,18,22)/t10-,11-/m1/s1. The summed E-state index contributed by atoms with van der Waals surface area (Å²) in [4.78, 5) is 17.1. The molecular weight excluding hydrogens is 297 g/mol. The number of amides is 1. The second kappa shape index (κ2) is 5.28. The number of hydrogen-bond acceptors (Lipinski definition) is 3. The summed E-state index contributed by atoms with van der Waals surface area (Å²) >= 11 is 0. The lowest BCUT2D eigenvalue weighted by Gasteiger charge is -2.19. The highest BCUT2D eigenvalue weighted by Gasteiger charge is 2.51. The molecule has 0 aliphatic carbocycles. The van der Waals surface area contributed by atoms with Gasteiger partial charge in [0.2, 0.25) is 5.91 Å². The zero-order valence-electron chi connectivity index (χ0n) is 11.6. The predicted octanol–water partition coefficient (Wildman–Crippen LogP) is 1.43. The van der Waals surface area contributed by atoms with Crippen molar-refractivity contribution in [2.75, 3.05) is 13.1 Å². The molecule has 3 heterocycles. The van der Waals surface area contributed by atoms with E-state index in [-0.39, 0.29) is 13.1 Å². The fourth-order valence-electron chi connectivity index (χ4n) is 3.00. The van der Waals surface area contributed by atoms with Crippen LogP contribution in [0.3, 0.4) is 0 Å². The Morgan fingerprint density at radius 1 is 1.36 bits per heavy atom. The molecule has 8 heteroatoms. The number of carbonyl (C=O) groups is 1. The summed E-state index contributed by atoms with van der Waals surface area (Å²) in [6, 6.07) is 5.45. The minimum atomic E-state index is -4.42. The Hall–Kier alpha value is -2.09. The van der Waals surface area contributed by atoms with E-state index < -0.39 is 23.9 Å². The quantitative estimate of drug-likeness (QED) is 0.932. The molecule has 22 heavy (non-hydrogen) atoms. The largest absolute Gasteiger partial charge is 0.393 e. The monoisotopic (exact) mass is 312 g/mol. The minimum absolute atomic E-state index is 0.0184. The molecule has 2 N–H and O–H groups in total. The molecule has 3 rings (SSSR count). The Morgan fingerprint density at radius 3 is 2.77 bits per heavy atom. The average Bonchev–Trinajstić information content (AvgIpc) is 3.04.